The topological polar surface area (TPSA) is 44.4 Å². The maximum Gasteiger partial charge on any atom is 0.257 e. The number of anilines is 2. The first kappa shape index (κ1) is 19.4. The predicted octanol–water partition coefficient (Wildman–Crippen LogP) is 5.12. The highest BCUT2D eigenvalue weighted by atomic mass is 32.1. The van der Waals surface area contributed by atoms with Crippen molar-refractivity contribution in [3.63, 3.8) is 0 Å². The number of carbonyl (C=O) groups excluding carboxylic acids is 1. The van der Waals surface area contributed by atoms with E-state index in [1.807, 2.05) is 36.4 Å². The second kappa shape index (κ2) is 7.84. The fraction of sp³-hybridized carbons (Fsp3) is 0.250. The van der Waals surface area contributed by atoms with Crippen LogP contribution in [-0.2, 0) is 0 Å². The SMILES string of the molecule is CC1(C)CN(c2ccccc2NC(=S)NC(=O)c2ccccc2)C2=CC=CCC21. The van der Waals surface area contributed by atoms with E-state index in [9.17, 15) is 4.79 Å². The van der Waals surface area contributed by atoms with Crippen LogP contribution in [0.25, 0.3) is 0 Å². The molecule has 1 atom stereocenters. The highest BCUT2D eigenvalue weighted by Gasteiger charge is 2.43. The van der Waals surface area contributed by atoms with Crippen molar-refractivity contribution < 1.29 is 4.79 Å². The molecular formula is C24H25N3OS. The van der Waals surface area contributed by atoms with Crippen LogP contribution in [0.4, 0.5) is 11.4 Å². The van der Waals surface area contributed by atoms with Crippen LogP contribution in [0.1, 0.15) is 30.6 Å². The van der Waals surface area contributed by atoms with E-state index in [-0.39, 0.29) is 11.3 Å². The number of benzene rings is 2. The van der Waals surface area contributed by atoms with Crippen molar-refractivity contribution in [2.24, 2.45) is 11.3 Å². The van der Waals surface area contributed by atoms with E-state index in [0.717, 1.165) is 24.3 Å². The highest BCUT2D eigenvalue weighted by Crippen LogP contribution is 2.49. The Labute approximate surface area is 177 Å². The summed E-state index contributed by atoms with van der Waals surface area (Å²) >= 11 is 5.42. The van der Waals surface area contributed by atoms with Crippen molar-refractivity contribution in [1.82, 2.24) is 5.32 Å². The summed E-state index contributed by atoms with van der Waals surface area (Å²) in [4.78, 5) is 14.8. The van der Waals surface area contributed by atoms with Gasteiger partial charge in [-0.15, -0.1) is 0 Å². The van der Waals surface area contributed by atoms with Gasteiger partial charge in [-0.1, -0.05) is 56.3 Å². The van der Waals surface area contributed by atoms with Gasteiger partial charge in [0.05, 0.1) is 11.4 Å². The van der Waals surface area contributed by atoms with Crippen LogP contribution in [0, 0.1) is 11.3 Å². The second-order valence-corrected chi connectivity index (χ2v) is 8.58. The van der Waals surface area contributed by atoms with Crippen molar-refractivity contribution >= 4 is 34.6 Å². The molecule has 2 aliphatic rings. The number of hydrogen-bond acceptors (Lipinski definition) is 3. The molecule has 1 amide bonds. The first-order chi connectivity index (χ1) is 14.0. The molecule has 2 aromatic rings. The molecule has 2 aromatic carbocycles. The molecule has 0 bridgehead atoms. The average Bonchev–Trinajstić information content (AvgIpc) is 3.00. The lowest BCUT2D eigenvalue weighted by molar-refractivity contribution is 0.0977. The van der Waals surface area contributed by atoms with Gasteiger partial charge < -0.3 is 10.2 Å². The zero-order valence-electron chi connectivity index (χ0n) is 16.7. The Morgan fingerprint density at radius 3 is 2.62 bits per heavy atom. The number of fused-ring (bicyclic) bond motifs is 1. The number of thiocarbonyl (C=S) groups is 1. The van der Waals surface area contributed by atoms with Crippen LogP contribution in [0.5, 0.6) is 0 Å². The van der Waals surface area contributed by atoms with Gasteiger partial charge >= 0.3 is 0 Å². The van der Waals surface area contributed by atoms with Crippen LogP contribution >= 0.6 is 12.2 Å². The minimum absolute atomic E-state index is 0.186. The average molecular weight is 404 g/mol. The van der Waals surface area contributed by atoms with E-state index < -0.39 is 0 Å². The Kier molecular flexibility index (Phi) is 5.24. The molecule has 0 aromatic heterocycles. The first-order valence-corrected chi connectivity index (χ1v) is 10.3. The molecule has 0 radical (unpaired) electrons. The van der Waals surface area contributed by atoms with E-state index in [1.165, 1.54) is 5.70 Å². The molecule has 1 aliphatic carbocycles. The van der Waals surface area contributed by atoms with E-state index in [0.29, 0.717) is 16.6 Å². The monoisotopic (exact) mass is 403 g/mol. The maximum absolute atomic E-state index is 12.4. The number of nitrogens with one attached hydrogen (secondary N) is 2. The molecule has 0 spiro atoms. The van der Waals surface area contributed by atoms with E-state index in [4.69, 9.17) is 12.2 Å². The molecule has 1 saturated heterocycles. The summed E-state index contributed by atoms with van der Waals surface area (Å²) < 4.78 is 0. The van der Waals surface area contributed by atoms with Crippen molar-refractivity contribution in [3.05, 3.63) is 84.1 Å². The van der Waals surface area contributed by atoms with Crippen LogP contribution in [0.3, 0.4) is 0 Å². The standard InChI is InChI=1S/C24H25N3OS/c1-24(2)16-27(20-14-8-6-12-18(20)24)21-15-9-7-13-19(21)25-23(29)26-22(28)17-10-4-3-5-11-17/h3-11,13-15,18H,12,16H2,1-2H3,(H2,25,26,28,29). The molecule has 1 unspecified atom stereocenters. The van der Waals surface area contributed by atoms with Gasteiger partial charge in [-0.3, -0.25) is 10.1 Å². The highest BCUT2D eigenvalue weighted by molar-refractivity contribution is 7.80. The Morgan fingerprint density at radius 1 is 1.10 bits per heavy atom. The molecule has 0 saturated carbocycles. The molecule has 2 N–H and O–H groups in total. The maximum atomic E-state index is 12.4. The summed E-state index contributed by atoms with van der Waals surface area (Å²) in [6.07, 6.45) is 7.67. The van der Waals surface area contributed by atoms with Crippen molar-refractivity contribution in [2.75, 3.05) is 16.8 Å². The van der Waals surface area contributed by atoms with Crippen molar-refractivity contribution in [3.8, 4) is 0 Å². The Bertz CT molecular complexity index is 994. The Morgan fingerprint density at radius 2 is 1.83 bits per heavy atom. The summed E-state index contributed by atoms with van der Waals surface area (Å²) in [5, 5.41) is 6.29. The number of nitrogens with zero attached hydrogens (tertiary/aromatic N) is 1. The van der Waals surface area contributed by atoms with Gasteiger partial charge in [0.1, 0.15) is 0 Å². The lowest BCUT2D eigenvalue weighted by Crippen LogP contribution is -2.34. The van der Waals surface area contributed by atoms with E-state index in [2.05, 4.69) is 53.7 Å². The summed E-state index contributed by atoms with van der Waals surface area (Å²) in [5.41, 5.74) is 4.06. The lowest BCUT2D eigenvalue weighted by atomic mass is 9.77. The molecule has 5 heteroatoms. The van der Waals surface area contributed by atoms with Gasteiger partial charge in [0.25, 0.3) is 5.91 Å². The summed E-state index contributed by atoms with van der Waals surface area (Å²) in [6.45, 7) is 5.59. The zero-order valence-corrected chi connectivity index (χ0v) is 17.5. The largest absolute Gasteiger partial charge is 0.343 e. The Hall–Kier alpha value is -2.92. The number of carbonyl (C=O) groups is 1. The minimum Gasteiger partial charge on any atom is -0.343 e. The van der Waals surface area contributed by atoms with Crippen LogP contribution in [-0.4, -0.2) is 17.6 Å². The molecular weight excluding hydrogens is 378 g/mol. The third-order valence-corrected chi connectivity index (χ3v) is 5.86. The normalized spacial score (nSPS) is 19.3. The molecule has 1 aliphatic heterocycles. The zero-order chi connectivity index (χ0) is 20.4. The number of allylic oxidation sites excluding steroid dienone is 4. The van der Waals surface area contributed by atoms with E-state index >= 15 is 0 Å². The van der Waals surface area contributed by atoms with Crippen LogP contribution in [0.15, 0.2) is 78.5 Å². The van der Waals surface area contributed by atoms with E-state index in [1.54, 1.807) is 12.1 Å². The van der Waals surface area contributed by atoms with Gasteiger partial charge in [0.2, 0.25) is 0 Å². The van der Waals surface area contributed by atoms with Gasteiger partial charge in [-0.2, -0.15) is 0 Å². The van der Waals surface area contributed by atoms with Gasteiger partial charge in [-0.05, 0) is 54.4 Å². The van der Waals surface area contributed by atoms with Crippen molar-refractivity contribution in [2.45, 2.75) is 20.3 Å². The van der Waals surface area contributed by atoms with Crippen LogP contribution in [0.2, 0.25) is 0 Å². The molecule has 148 valence electrons. The number of amides is 1. The molecule has 1 heterocycles. The molecule has 4 nitrogen and oxygen atoms in total. The quantitative estimate of drug-likeness (QED) is 0.698. The fourth-order valence-corrected chi connectivity index (χ4v) is 4.38. The number of rotatable bonds is 3. The van der Waals surface area contributed by atoms with Crippen molar-refractivity contribution in [1.29, 1.82) is 0 Å². The smallest absolute Gasteiger partial charge is 0.257 e. The number of para-hydroxylation sites is 2. The van der Waals surface area contributed by atoms with Gasteiger partial charge in [0.15, 0.2) is 5.11 Å². The fourth-order valence-electron chi connectivity index (χ4n) is 4.18. The van der Waals surface area contributed by atoms with Gasteiger partial charge in [-0.25, -0.2) is 0 Å². The Balaban J connectivity index is 1.55. The third kappa shape index (κ3) is 3.96. The first-order valence-electron chi connectivity index (χ1n) is 9.86. The minimum atomic E-state index is -0.219. The summed E-state index contributed by atoms with van der Waals surface area (Å²) in [6, 6.07) is 17.2. The van der Waals surface area contributed by atoms with Gasteiger partial charge in [0, 0.05) is 23.7 Å². The summed E-state index contributed by atoms with van der Waals surface area (Å²) in [5.74, 6) is 0.286. The molecule has 29 heavy (non-hydrogen) atoms. The summed E-state index contributed by atoms with van der Waals surface area (Å²) in [7, 11) is 0. The third-order valence-electron chi connectivity index (χ3n) is 5.66. The second-order valence-electron chi connectivity index (χ2n) is 8.17. The lowest BCUT2D eigenvalue weighted by Gasteiger charge is -2.26. The molecule has 4 rings (SSSR count). The van der Waals surface area contributed by atoms with Crippen LogP contribution < -0.4 is 15.5 Å². The molecule has 1 fully saturated rings. The predicted molar refractivity (Wildman–Crippen MR) is 123 cm³/mol. The number of hydrogen-bond donors (Lipinski definition) is 2.